The molecule has 0 saturated heterocycles. The van der Waals surface area contributed by atoms with E-state index in [2.05, 4.69) is 0 Å². The molecule has 20 heavy (non-hydrogen) atoms. The second-order valence-corrected chi connectivity index (χ2v) is 5.99. The summed E-state index contributed by atoms with van der Waals surface area (Å²) in [4.78, 5) is 30.1. The molecule has 0 aliphatic heterocycles. The number of fused-ring (bicyclic) bond motifs is 1. The highest BCUT2D eigenvalue weighted by molar-refractivity contribution is 7.51. The fraction of sp³-hybridized carbons (Fsp3) is 0.154. The molecule has 2 aromatic rings. The number of carbonyl (C=O) groups excluding carboxylic acids is 1. The Morgan fingerprint density at radius 1 is 1.15 bits per heavy atom. The van der Waals surface area contributed by atoms with Crippen LogP contribution in [0.1, 0.15) is 0 Å². The van der Waals surface area contributed by atoms with Crippen molar-refractivity contribution in [1.29, 1.82) is 0 Å². The van der Waals surface area contributed by atoms with E-state index in [1.165, 1.54) is 0 Å². The van der Waals surface area contributed by atoms with E-state index in [1.807, 2.05) is 18.2 Å². The smallest absolute Gasteiger partial charge is 0.344 e. The molecule has 2 aromatic carbocycles. The molecule has 0 unspecified atom stereocenters. The summed E-state index contributed by atoms with van der Waals surface area (Å²) in [6.45, 7) is -0.584. The van der Waals surface area contributed by atoms with Crippen LogP contribution in [0.4, 0.5) is 5.69 Å². The Bertz CT molecular complexity index is 676. The van der Waals surface area contributed by atoms with E-state index >= 15 is 0 Å². The fourth-order valence-electron chi connectivity index (χ4n) is 2.07. The summed E-state index contributed by atoms with van der Waals surface area (Å²) in [6, 6.07) is 12.4. The van der Waals surface area contributed by atoms with Gasteiger partial charge in [0.2, 0.25) is 0 Å². The van der Waals surface area contributed by atoms with Gasteiger partial charge in [0.05, 0.1) is 12.5 Å². The third-order valence-corrected chi connectivity index (χ3v) is 3.49. The summed E-state index contributed by atoms with van der Waals surface area (Å²) >= 11 is 0. The molecule has 6 nitrogen and oxygen atoms in total. The van der Waals surface area contributed by atoms with Crippen LogP contribution in [0.25, 0.3) is 10.8 Å². The summed E-state index contributed by atoms with van der Waals surface area (Å²) in [5.41, 5.74) is 0.454. The minimum Gasteiger partial charge on any atom is -0.548 e. The summed E-state index contributed by atoms with van der Waals surface area (Å²) < 4.78 is 11.2. The molecule has 0 atom stereocenters. The van der Waals surface area contributed by atoms with Crippen molar-refractivity contribution in [2.24, 2.45) is 0 Å². The number of hydrogen-bond acceptors (Lipinski definition) is 4. The highest BCUT2D eigenvalue weighted by Crippen LogP contribution is 2.38. The molecule has 0 saturated carbocycles. The van der Waals surface area contributed by atoms with Gasteiger partial charge >= 0.3 is 7.60 Å². The third-order valence-electron chi connectivity index (χ3n) is 2.78. The predicted molar refractivity (Wildman–Crippen MR) is 73.2 cm³/mol. The van der Waals surface area contributed by atoms with Gasteiger partial charge in [-0.1, -0.05) is 36.4 Å². The lowest BCUT2D eigenvalue weighted by Crippen LogP contribution is -2.38. The van der Waals surface area contributed by atoms with Crippen LogP contribution in [-0.2, 0) is 9.36 Å². The van der Waals surface area contributed by atoms with Gasteiger partial charge in [-0.15, -0.1) is 0 Å². The average Bonchev–Trinajstić information content (AvgIpc) is 2.35. The molecule has 0 spiro atoms. The van der Waals surface area contributed by atoms with E-state index < -0.39 is 26.4 Å². The maximum Gasteiger partial charge on any atom is 0.344 e. The van der Waals surface area contributed by atoms with E-state index in [4.69, 9.17) is 9.79 Å². The van der Waals surface area contributed by atoms with Crippen LogP contribution < -0.4 is 10.0 Å². The largest absolute Gasteiger partial charge is 0.548 e. The molecular formula is C13H13NO5P-. The lowest BCUT2D eigenvalue weighted by atomic mass is 10.1. The minimum atomic E-state index is -4.39. The zero-order chi connectivity index (χ0) is 14.8. The Morgan fingerprint density at radius 2 is 1.80 bits per heavy atom. The molecule has 0 aromatic heterocycles. The van der Waals surface area contributed by atoms with Crippen LogP contribution in [0, 0.1) is 0 Å². The Balaban J connectivity index is 2.50. The van der Waals surface area contributed by atoms with Crippen LogP contribution >= 0.6 is 7.60 Å². The van der Waals surface area contributed by atoms with Gasteiger partial charge in [0, 0.05) is 11.1 Å². The standard InChI is InChI=1S/C13H14NO5P/c15-13(16)8-14(9-20(17,18)19)12-7-3-5-10-4-1-2-6-11(10)12/h1-7H,8-9H2,(H,15,16)(H2,17,18,19)/p-1. The number of rotatable bonds is 5. The van der Waals surface area contributed by atoms with Crippen molar-refractivity contribution in [2.45, 2.75) is 0 Å². The van der Waals surface area contributed by atoms with Crippen molar-refractivity contribution < 1.29 is 24.3 Å². The van der Waals surface area contributed by atoms with E-state index in [-0.39, 0.29) is 0 Å². The minimum absolute atomic E-state index is 0.454. The molecule has 106 valence electrons. The summed E-state index contributed by atoms with van der Waals surface area (Å²) in [5.74, 6) is -1.40. The summed E-state index contributed by atoms with van der Waals surface area (Å²) in [7, 11) is -4.39. The zero-order valence-corrected chi connectivity index (χ0v) is 11.4. The first-order valence-corrected chi connectivity index (χ1v) is 7.64. The highest BCUT2D eigenvalue weighted by Gasteiger charge is 2.21. The fourth-order valence-corrected chi connectivity index (χ4v) is 2.77. The number of carboxylic acids is 1. The average molecular weight is 294 g/mol. The van der Waals surface area contributed by atoms with Crippen LogP contribution in [0.3, 0.4) is 0 Å². The first-order valence-electron chi connectivity index (χ1n) is 5.84. The van der Waals surface area contributed by atoms with E-state index in [9.17, 15) is 14.5 Å². The number of nitrogens with zero attached hydrogens (tertiary/aromatic N) is 1. The molecule has 7 heteroatoms. The Morgan fingerprint density at radius 3 is 2.45 bits per heavy atom. The SMILES string of the molecule is O=C([O-])CN(CP(=O)(O)O)c1cccc2ccccc12. The number of aliphatic carboxylic acids is 1. The molecule has 0 radical (unpaired) electrons. The molecule has 0 fully saturated rings. The Kier molecular flexibility index (Phi) is 4.09. The van der Waals surface area contributed by atoms with Gasteiger partial charge in [-0.2, -0.15) is 0 Å². The third kappa shape index (κ3) is 3.57. The Labute approximate surface area is 115 Å². The number of carbonyl (C=O) groups is 1. The zero-order valence-electron chi connectivity index (χ0n) is 10.5. The molecular weight excluding hydrogens is 281 g/mol. The lowest BCUT2D eigenvalue weighted by molar-refractivity contribution is -0.303. The Hall–Kier alpha value is -1.88. The van der Waals surface area contributed by atoms with E-state index in [0.29, 0.717) is 5.69 Å². The van der Waals surface area contributed by atoms with Crippen LogP contribution in [-0.4, -0.2) is 28.6 Å². The van der Waals surface area contributed by atoms with Gasteiger partial charge in [-0.3, -0.25) is 4.57 Å². The summed E-state index contributed by atoms with van der Waals surface area (Å²) in [6.07, 6.45) is -0.672. The first-order chi connectivity index (χ1) is 9.37. The second kappa shape index (κ2) is 5.63. The quantitative estimate of drug-likeness (QED) is 0.780. The number of hydrogen-bond donors (Lipinski definition) is 2. The molecule has 2 rings (SSSR count). The van der Waals surface area contributed by atoms with Crippen molar-refractivity contribution >= 4 is 30.0 Å². The van der Waals surface area contributed by atoms with Gasteiger partial charge in [0.25, 0.3) is 0 Å². The monoisotopic (exact) mass is 294 g/mol. The van der Waals surface area contributed by atoms with Crippen molar-refractivity contribution in [3.8, 4) is 0 Å². The lowest BCUT2D eigenvalue weighted by Gasteiger charge is -2.26. The molecule has 0 amide bonds. The van der Waals surface area contributed by atoms with Crippen molar-refractivity contribution in [3.05, 3.63) is 42.5 Å². The summed E-state index contributed by atoms with van der Waals surface area (Å²) in [5, 5.41) is 12.4. The highest BCUT2D eigenvalue weighted by atomic mass is 31.2. The number of anilines is 1. The number of benzene rings is 2. The second-order valence-electron chi connectivity index (χ2n) is 4.37. The van der Waals surface area contributed by atoms with Gasteiger partial charge in [0.15, 0.2) is 0 Å². The maximum atomic E-state index is 11.2. The van der Waals surface area contributed by atoms with Crippen LogP contribution in [0.2, 0.25) is 0 Å². The van der Waals surface area contributed by atoms with Crippen molar-refractivity contribution in [2.75, 3.05) is 17.7 Å². The number of carboxylic acid groups (broad SMARTS) is 1. The predicted octanol–water partition coefficient (Wildman–Crippen LogP) is 0.531. The topological polar surface area (TPSA) is 101 Å². The maximum absolute atomic E-state index is 11.2. The van der Waals surface area contributed by atoms with Crippen molar-refractivity contribution in [1.82, 2.24) is 0 Å². The first kappa shape index (κ1) is 14.5. The van der Waals surface area contributed by atoms with Crippen LogP contribution in [0.5, 0.6) is 0 Å². The van der Waals surface area contributed by atoms with Gasteiger partial charge in [-0.25, -0.2) is 0 Å². The molecule has 0 bridgehead atoms. The van der Waals surface area contributed by atoms with Gasteiger partial charge < -0.3 is 24.6 Å². The molecule has 0 heterocycles. The van der Waals surface area contributed by atoms with E-state index in [1.54, 1.807) is 24.3 Å². The van der Waals surface area contributed by atoms with Crippen LogP contribution in [0.15, 0.2) is 42.5 Å². The van der Waals surface area contributed by atoms with Gasteiger partial charge in [-0.05, 0) is 11.5 Å². The van der Waals surface area contributed by atoms with E-state index in [0.717, 1.165) is 15.7 Å². The molecule has 0 aliphatic rings. The normalized spacial score (nSPS) is 11.5. The van der Waals surface area contributed by atoms with Crippen molar-refractivity contribution in [3.63, 3.8) is 0 Å². The molecule has 2 N–H and O–H groups in total. The molecule has 0 aliphatic carbocycles. The van der Waals surface area contributed by atoms with Gasteiger partial charge in [0.1, 0.15) is 6.29 Å².